The van der Waals surface area contributed by atoms with Gasteiger partial charge in [0.25, 0.3) is 0 Å². The molecule has 2 unspecified atom stereocenters. The van der Waals surface area contributed by atoms with Crippen LogP contribution in [0.15, 0.2) is 41.5 Å². The number of aliphatic hydroxyl groups excluding tert-OH is 1. The quantitative estimate of drug-likeness (QED) is 0.446. The van der Waals surface area contributed by atoms with Crippen LogP contribution in [0.3, 0.4) is 0 Å². The molecule has 2 aromatic rings. The summed E-state index contributed by atoms with van der Waals surface area (Å²) in [4.78, 5) is 13.0. The third kappa shape index (κ3) is 7.10. The second-order valence-corrected chi connectivity index (χ2v) is 5.36. The van der Waals surface area contributed by atoms with Crippen LogP contribution in [0.5, 0.6) is 0 Å². The Bertz CT molecular complexity index is 583. The van der Waals surface area contributed by atoms with Crippen LogP contribution >= 0.6 is 0 Å². The average molecular weight is 362 g/mol. The summed E-state index contributed by atoms with van der Waals surface area (Å²) in [6.45, 7) is 5.07. The summed E-state index contributed by atoms with van der Waals surface area (Å²) in [5.74, 6) is 0.720. The molecule has 127 valence electrons. The van der Waals surface area contributed by atoms with Crippen LogP contribution in [0.25, 0.3) is 16.7 Å². The molecule has 1 N–H and O–H groups in total. The van der Waals surface area contributed by atoms with E-state index in [0.29, 0.717) is 19.5 Å². The van der Waals surface area contributed by atoms with Crippen molar-refractivity contribution in [2.45, 2.75) is 32.4 Å². The van der Waals surface area contributed by atoms with Crippen molar-refractivity contribution in [1.82, 2.24) is 9.97 Å². The molecule has 6 heteroatoms. The van der Waals surface area contributed by atoms with Gasteiger partial charge in [-0.2, -0.15) is 0 Å². The molecule has 23 heavy (non-hydrogen) atoms. The van der Waals surface area contributed by atoms with E-state index in [2.05, 4.69) is 20.3 Å². The van der Waals surface area contributed by atoms with E-state index in [1.54, 1.807) is 19.3 Å². The number of aliphatic hydroxyl groups is 1. The van der Waals surface area contributed by atoms with Crippen LogP contribution in [-0.2, 0) is 17.1 Å². The van der Waals surface area contributed by atoms with Gasteiger partial charge < -0.3 is 20.4 Å². The van der Waals surface area contributed by atoms with Gasteiger partial charge in [0.05, 0.1) is 0 Å². The van der Waals surface area contributed by atoms with E-state index in [4.69, 9.17) is 0 Å². The second-order valence-electron chi connectivity index (χ2n) is 5.36. The van der Waals surface area contributed by atoms with Crippen molar-refractivity contribution in [3.8, 4) is 11.4 Å². The van der Waals surface area contributed by atoms with E-state index >= 15 is 0 Å². The molecule has 1 radical (unpaired) electrons. The first-order chi connectivity index (χ1) is 10.6. The molecule has 1 aromatic heterocycles. The molecule has 0 spiro atoms. The normalized spacial score (nSPS) is 13.7. The standard InChI is InChI=1S/C17H22N4O.Cu/c1-13(10-14(2)22)19-9-8-18-11-16-12-20-17(21-16)15-6-4-3-5-7-15;/h3-7,11-14,22H,8-10H2,1-2H3;/q-2;+2. The Morgan fingerprint density at radius 3 is 2.74 bits per heavy atom. The van der Waals surface area contributed by atoms with Crippen LogP contribution in [0.2, 0.25) is 0 Å². The fourth-order valence-electron chi connectivity index (χ4n) is 2.16. The van der Waals surface area contributed by atoms with Gasteiger partial charge in [0, 0.05) is 18.9 Å². The van der Waals surface area contributed by atoms with Gasteiger partial charge in [-0.3, -0.25) is 4.99 Å². The van der Waals surface area contributed by atoms with E-state index in [0.717, 1.165) is 17.1 Å². The molecular formula is C17H22CuN4O. The van der Waals surface area contributed by atoms with Crippen molar-refractivity contribution < 1.29 is 22.2 Å². The summed E-state index contributed by atoms with van der Waals surface area (Å²) >= 11 is 0. The minimum Gasteiger partial charge on any atom is -0.658 e. The molecular weight excluding hydrogens is 340 g/mol. The first kappa shape index (κ1) is 19.6. The number of hydrogen-bond acceptors (Lipinski definition) is 3. The number of rotatable bonds is 8. The average Bonchev–Trinajstić information content (AvgIpc) is 2.96. The topological polar surface area (TPSA) is 73.7 Å². The minimum absolute atomic E-state index is 0. The van der Waals surface area contributed by atoms with Gasteiger partial charge in [-0.15, -0.1) is 12.6 Å². The van der Waals surface area contributed by atoms with Gasteiger partial charge in [0.15, 0.2) is 0 Å². The Morgan fingerprint density at radius 2 is 2.04 bits per heavy atom. The van der Waals surface area contributed by atoms with E-state index in [9.17, 15) is 5.11 Å². The van der Waals surface area contributed by atoms with Gasteiger partial charge in [-0.1, -0.05) is 49.3 Å². The van der Waals surface area contributed by atoms with E-state index < -0.39 is 0 Å². The van der Waals surface area contributed by atoms with E-state index in [-0.39, 0.29) is 29.2 Å². The molecule has 2 atom stereocenters. The Kier molecular flexibility index (Phi) is 8.80. The van der Waals surface area contributed by atoms with Crippen LogP contribution in [0, 0.1) is 0 Å². The summed E-state index contributed by atoms with van der Waals surface area (Å²) in [7, 11) is 0. The number of imidazole rings is 1. The summed E-state index contributed by atoms with van der Waals surface area (Å²) in [6.07, 6.45) is 3.84. The Hall–Kier alpha value is -1.46. The predicted octanol–water partition coefficient (Wildman–Crippen LogP) is 2.66. The third-order valence-electron chi connectivity index (χ3n) is 3.16. The number of benzene rings is 1. The molecule has 5 nitrogen and oxygen atoms in total. The third-order valence-corrected chi connectivity index (χ3v) is 3.16. The molecule has 1 aromatic carbocycles. The van der Waals surface area contributed by atoms with Crippen molar-refractivity contribution in [3.05, 3.63) is 47.5 Å². The van der Waals surface area contributed by atoms with Crippen molar-refractivity contribution >= 4 is 6.21 Å². The van der Waals surface area contributed by atoms with Gasteiger partial charge in [0.2, 0.25) is 0 Å². The number of nitrogens with zero attached hydrogens (tertiary/aromatic N) is 4. The maximum absolute atomic E-state index is 9.27. The molecule has 0 aliphatic carbocycles. The van der Waals surface area contributed by atoms with Crippen LogP contribution in [0.1, 0.15) is 26.0 Å². The van der Waals surface area contributed by atoms with Gasteiger partial charge in [0.1, 0.15) is 0 Å². The number of aliphatic imine (C=N–C) groups is 1. The van der Waals surface area contributed by atoms with Crippen molar-refractivity contribution in [3.63, 3.8) is 0 Å². The van der Waals surface area contributed by atoms with Gasteiger partial charge in [-0.25, -0.2) is 0 Å². The number of hydrogen-bond donors (Lipinski definition) is 1. The smallest absolute Gasteiger partial charge is 0.658 e. The molecule has 0 aliphatic rings. The minimum atomic E-state index is -0.307. The zero-order valence-electron chi connectivity index (χ0n) is 13.4. The van der Waals surface area contributed by atoms with E-state index in [1.807, 2.05) is 37.3 Å². The molecule has 0 fully saturated rings. The monoisotopic (exact) mass is 361 g/mol. The summed E-state index contributed by atoms with van der Waals surface area (Å²) in [5, 5.41) is 13.7. The van der Waals surface area contributed by atoms with E-state index in [1.165, 1.54) is 0 Å². The maximum Gasteiger partial charge on any atom is 2.00 e. The molecule has 0 saturated heterocycles. The first-order valence-electron chi connectivity index (χ1n) is 7.55. The molecule has 0 saturated carbocycles. The maximum atomic E-state index is 9.27. The van der Waals surface area contributed by atoms with Crippen molar-refractivity contribution in [2.24, 2.45) is 4.99 Å². The molecule has 0 bridgehead atoms. The van der Waals surface area contributed by atoms with Gasteiger partial charge >= 0.3 is 17.1 Å². The second kappa shape index (κ2) is 10.3. The fourth-order valence-corrected chi connectivity index (χ4v) is 2.16. The van der Waals surface area contributed by atoms with Crippen LogP contribution in [-0.4, -0.2) is 41.5 Å². The number of aromatic nitrogens is 2. The SMILES string of the molecule is CC(O)CC(C)[N-]CCN=Cc1cnc(-c2ccccc2)[n-]1.[Cu+2]. The van der Waals surface area contributed by atoms with Gasteiger partial charge in [-0.05, 0) is 24.6 Å². The Morgan fingerprint density at radius 1 is 1.30 bits per heavy atom. The van der Waals surface area contributed by atoms with Crippen molar-refractivity contribution in [2.75, 3.05) is 13.1 Å². The Balaban J connectivity index is 0.00000264. The zero-order chi connectivity index (χ0) is 15.8. The molecule has 0 aliphatic heterocycles. The largest absolute Gasteiger partial charge is 2.00 e. The molecule has 0 amide bonds. The predicted molar refractivity (Wildman–Crippen MR) is 89.4 cm³/mol. The molecule has 1 heterocycles. The van der Waals surface area contributed by atoms with Crippen molar-refractivity contribution in [1.29, 1.82) is 0 Å². The zero-order valence-corrected chi connectivity index (χ0v) is 14.3. The Labute approximate surface area is 148 Å². The summed E-state index contributed by atoms with van der Waals surface area (Å²) in [5.41, 5.74) is 1.76. The van der Waals surface area contributed by atoms with Crippen LogP contribution < -0.4 is 4.98 Å². The van der Waals surface area contributed by atoms with Crippen LogP contribution in [0.4, 0.5) is 0 Å². The molecule has 2 rings (SSSR count). The summed E-state index contributed by atoms with van der Waals surface area (Å²) in [6, 6.07) is 10.0. The fraction of sp³-hybridized carbons (Fsp3) is 0.412. The first-order valence-corrected chi connectivity index (χ1v) is 7.55. The summed E-state index contributed by atoms with van der Waals surface area (Å²) < 4.78 is 0.